The second-order valence-corrected chi connectivity index (χ2v) is 12.6. The molecule has 0 unspecified atom stereocenters. The standard InChI is InChI=1S/C44H24N4O3/c1-3-12-25(13-4-1)41-46-42(31-19-11-18-29-28-16-7-9-20-34(28)49-38(29)31)48-43(47-41)32-24-27-22-23-33-40(51-44(45-33)26-14-5-2-6-15-26)36(27)37-30-17-8-10-21-35(30)50-39(32)37/h1-24H. The highest BCUT2D eigenvalue weighted by Crippen LogP contribution is 2.44. The third-order valence-corrected chi connectivity index (χ3v) is 9.55. The summed E-state index contributed by atoms with van der Waals surface area (Å²) < 4.78 is 19.7. The van der Waals surface area contributed by atoms with Gasteiger partial charge in [0.1, 0.15) is 27.8 Å². The minimum Gasteiger partial charge on any atom is -0.455 e. The molecule has 4 heterocycles. The molecule has 0 aliphatic rings. The van der Waals surface area contributed by atoms with Crippen LogP contribution in [0.5, 0.6) is 0 Å². The van der Waals surface area contributed by atoms with Gasteiger partial charge in [0.15, 0.2) is 23.1 Å². The molecule has 0 saturated carbocycles. The number of hydrogen-bond donors (Lipinski definition) is 0. The van der Waals surface area contributed by atoms with Gasteiger partial charge in [0.2, 0.25) is 5.89 Å². The van der Waals surface area contributed by atoms with E-state index in [1.807, 2.05) is 115 Å². The van der Waals surface area contributed by atoms with E-state index in [-0.39, 0.29) is 0 Å². The summed E-state index contributed by atoms with van der Waals surface area (Å²) in [6.45, 7) is 0. The number of hydrogen-bond acceptors (Lipinski definition) is 7. The van der Waals surface area contributed by atoms with Crippen LogP contribution in [0.4, 0.5) is 0 Å². The van der Waals surface area contributed by atoms with Gasteiger partial charge in [-0.1, -0.05) is 103 Å². The Morgan fingerprint density at radius 2 is 1.00 bits per heavy atom. The predicted molar refractivity (Wildman–Crippen MR) is 201 cm³/mol. The monoisotopic (exact) mass is 656 g/mol. The molecule has 0 atom stereocenters. The van der Waals surface area contributed by atoms with E-state index in [9.17, 15) is 0 Å². The van der Waals surface area contributed by atoms with E-state index in [1.54, 1.807) is 0 Å². The van der Waals surface area contributed by atoms with Crippen molar-refractivity contribution in [2.45, 2.75) is 0 Å². The van der Waals surface area contributed by atoms with Crippen LogP contribution in [0.25, 0.3) is 111 Å². The number of aromatic nitrogens is 4. The SMILES string of the molecule is c1ccc(-c2nc(-c3cccc4c3oc3ccccc34)nc(-c3cc4ccc5nc(-c6ccccc6)oc5c4c4c3oc3ccccc34)n2)cc1. The third-order valence-electron chi connectivity index (χ3n) is 9.55. The first-order valence-electron chi connectivity index (χ1n) is 16.7. The lowest BCUT2D eigenvalue weighted by molar-refractivity contribution is 0.623. The van der Waals surface area contributed by atoms with Crippen molar-refractivity contribution in [3.63, 3.8) is 0 Å². The van der Waals surface area contributed by atoms with Crippen LogP contribution in [-0.2, 0) is 0 Å². The highest BCUT2D eigenvalue weighted by molar-refractivity contribution is 6.27. The van der Waals surface area contributed by atoms with Crippen molar-refractivity contribution >= 4 is 65.7 Å². The number of para-hydroxylation sites is 3. The first kappa shape index (κ1) is 27.8. The van der Waals surface area contributed by atoms with Gasteiger partial charge in [-0.3, -0.25) is 0 Å². The number of rotatable bonds is 4. The molecule has 0 amide bonds. The van der Waals surface area contributed by atoms with Crippen LogP contribution < -0.4 is 0 Å². The Hall–Kier alpha value is -7.12. The fraction of sp³-hybridized carbons (Fsp3) is 0. The molecule has 4 aromatic heterocycles. The van der Waals surface area contributed by atoms with Crippen LogP contribution in [0.3, 0.4) is 0 Å². The molecule has 0 bridgehead atoms. The topological polar surface area (TPSA) is 91.0 Å². The van der Waals surface area contributed by atoms with E-state index in [0.717, 1.165) is 76.8 Å². The van der Waals surface area contributed by atoms with Crippen molar-refractivity contribution in [3.05, 3.63) is 146 Å². The first-order chi connectivity index (χ1) is 25.3. The third kappa shape index (κ3) is 4.25. The summed E-state index contributed by atoms with van der Waals surface area (Å²) in [7, 11) is 0. The molecule has 0 aliphatic carbocycles. The Labute approximate surface area is 289 Å². The van der Waals surface area contributed by atoms with Crippen LogP contribution >= 0.6 is 0 Å². The summed E-state index contributed by atoms with van der Waals surface area (Å²) >= 11 is 0. The molecule has 7 heteroatoms. The van der Waals surface area contributed by atoms with Gasteiger partial charge >= 0.3 is 0 Å². The second kappa shape index (κ2) is 10.7. The van der Waals surface area contributed by atoms with Crippen LogP contribution in [-0.4, -0.2) is 19.9 Å². The van der Waals surface area contributed by atoms with Gasteiger partial charge in [0.05, 0.1) is 11.1 Å². The molecule has 0 fully saturated rings. The molecule has 0 spiro atoms. The lowest BCUT2D eigenvalue weighted by atomic mass is 9.99. The fourth-order valence-corrected chi connectivity index (χ4v) is 7.22. The summed E-state index contributed by atoms with van der Waals surface area (Å²) in [5, 5.41) is 5.81. The molecular weight excluding hydrogens is 633 g/mol. The van der Waals surface area contributed by atoms with Crippen LogP contribution in [0.15, 0.2) is 159 Å². The van der Waals surface area contributed by atoms with E-state index in [2.05, 4.69) is 30.3 Å². The van der Waals surface area contributed by atoms with E-state index < -0.39 is 0 Å². The average molecular weight is 657 g/mol. The highest BCUT2D eigenvalue weighted by atomic mass is 16.4. The van der Waals surface area contributed by atoms with Crippen molar-refractivity contribution in [2.75, 3.05) is 0 Å². The summed E-state index contributed by atoms with van der Waals surface area (Å²) in [5.41, 5.74) is 7.74. The highest BCUT2D eigenvalue weighted by Gasteiger charge is 2.24. The quantitative estimate of drug-likeness (QED) is 0.186. The molecule has 51 heavy (non-hydrogen) atoms. The lowest BCUT2D eigenvalue weighted by Crippen LogP contribution is -2.00. The van der Waals surface area contributed by atoms with Crippen molar-refractivity contribution in [3.8, 4) is 45.6 Å². The summed E-state index contributed by atoms with van der Waals surface area (Å²) in [5.74, 6) is 2.11. The molecule has 7 nitrogen and oxygen atoms in total. The van der Waals surface area contributed by atoms with Gasteiger partial charge < -0.3 is 13.3 Å². The number of benzene rings is 7. The summed E-state index contributed by atoms with van der Waals surface area (Å²) in [6.07, 6.45) is 0. The van der Waals surface area contributed by atoms with Gasteiger partial charge in [0, 0.05) is 38.1 Å². The first-order valence-corrected chi connectivity index (χ1v) is 16.7. The zero-order valence-electron chi connectivity index (χ0n) is 26.9. The molecule has 0 radical (unpaired) electrons. The van der Waals surface area contributed by atoms with Gasteiger partial charge in [-0.05, 0) is 47.9 Å². The number of oxazole rings is 1. The van der Waals surface area contributed by atoms with Crippen molar-refractivity contribution in [1.29, 1.82) is 0 Å². The van der Waals surface area contributed by atoms with Crippen molar-refractivity contribution in [1.82, 2.24) is 19.9 Å². The molecule has 0 aliphatic heterocycles. The minimum atomic E-state index is 0.487. The number of fused-ring (bicyclic) bond motifs is 10. The maximum Gasteiger partial charge on any atom is 0.227 e. The van der Waals surface area contributed by atoms with Crippen molar-refractivity contribution < 1.29 is 13.3 Å². The minimum absolute atomic E-state index is 0.487. The Balaban J connectivity index is 1.22. The van der Waals surface area contributed by atoms with Gasteiger partial charge in [-0.2, -0.15) is 0 Å². The number of furan rings is 2. The largest absolute Gasteiger partial charge is 0.455 e. The Kier molecular flexibility index (Phi) is 5.83. The van der Waals surface area contributed by atoms with E-state index >= 15 is 0 Å². The predicted octanol–water partition coefficient (Wildman–Crippen LogP) is 11.6. The Bertz CT molecular complexity index is 3140. The second-order valence-electron chi connectivity index (χ2n) is 12.6. The number of nitrogens with zero attached hydrogens (tertiary/aromatic N) is 4. The smallest absolute Gasteiger partial charge is 0.227 e. The normalized spacial score (nSPS) is 11.9. The van der Waals surface area contributed by atoms with Crippen LogP contribution in [0.2, 0.25) is 0 Å². The molecule has 0 N–H and O–H groups in total. The average Bonchev–Trinajstić information content (AvgIpc) is 3.92. The Morgan fingerprint density at radius 3 is 1.80 bits per heavy atom. The molecule has 11 aromatic rings. The zero-order chi connectivity index (χ0) is 33.5. The maximum absolute atomic E-state index is 6.71. The van der Waals surface area contributed by atoms with E-state index in [4.69, 9.17) is 33.2 Å². The van der Waals surface area contributed by atoms with Gasteiger partial charge in [-0.15, -0.1) is 0 Å². The molecule has 7 aromatic carbocycles. The molecule has 11 rings (SSSR count). The summed E-state index contributed by atoms with van der Waals surface area (Å²) in [6, 6.07) is 48.3. The fourth-order valence-electron chi connectivity index (χ4n) is 7.22. The summed E-state index contributed by atoms with van der Waals surface area (Å²) in [4.78, 5) is 20.2. The van der Waals surface area contributed by atoms with Gasteiger partial charge in [0.25, 0.3) is 0 Å². The Morgan fingerprint density at radius 1 is 0.373 bits per heavy atom. The molecular formula is C44H24N4O3. The zero-order valence-corrected chi connectivity index (χ0v) is 26.9. The maximum atomic E-state index is 6.71. The van der Waals surface area contributed by atoms with E-state index in [1.165, 1.54) is 0 Å². The van der Waals surface area contributed by atoms with Crippen LogP contribution in [0.1, 0.15) is 0 Å². The molecule has 0 saturated heterocycles. The lowest BCUT2D eigenvalue weighted by Gasteiger charge is -2.10. The van der Waals surface area contributed by atoms with Gasteiger partial charge in [-0.25, -0.2) is 19.9 Å². The van der Waals surface area contributed by atoms with E-state index in [0.29, 0.717) is 34.5 Å². The molecule has 238 valence electrons. The van der Waals surface area contributed by atoms with Crippen molar-refractivity contribution in [2.24, 2.45) is 0 Å². The van der Waals surface area contributed by atoms with Crippen LogP contribution in [0, 0.1) is 0 Å².